The van der Waals surface area contributed by atoms with E-state index in [0.29, 0.717) is 25.7 Å². The van der Waals surface area contributed by atoms with Gasteiger partial charge in [-0.3, -0.25) is 4.99 Å². The summed E-state index contributed by atoms with van der Waals surface area (Å²) in [6.07, 6.45) is 0.839. The van der Waals surface area contributed by atoms with Gasteiger partial charge in [0.2, 0.25) is 0 Å². The maximum absolute atomic E-state index is 5.87. The van der Waals surface area contributed by atoms with Crippen molar-refractivity contribution in [3.05, 3.63) is 59.2 Å². The lowest BCUT2D eigenvalue weighted by Crippen LogP contribution is -2.35. The molecule has 25 heavy (non-hydrogen) atoms. The lowest BCUT2D eigenvalue weighted by Gasteiger charge is -2.09. The van der Waals surface area contributed by atoms with Crippen LogP contribution in [0.15, 0.2) is 47.5 Å². The standard InChI is InChI=1S/C20H27N3O2/c1-15-12-16(2)14-19(13-15)25-11-10-23-20(21)22-9-8-17-4-6-18(24-3)7-5-17/h4-7,12-14H,8-11H2,1-3H3,(H3,21,22,23). The lowest BCUT2D eigenvalue weighted by molar-refractivity contribution is 0.322. The Hall–Kier alpha value is -2.69. The van der Waals surface area contributed by atoms with Gasteiger partial charge in [0.25, 0.3) is 0 Å². The molecule has 0 aliphatic rings. The SMILES string of the molecule is COc1ccc(CCN=C(N)NCCOc2cc(C)cc(C)c2)cc1. The van der Waals surface area contributed by atoms with Crippen molar-refractivity contribution in [2.24, 2.45) is 10.7 Å². The van der Waals surface area contributed by atoms with E-state index in [2.05, 4.69) is 30.2 Å². The molecule has 2 aromatic carbocycles. The number of rotatable bonds is 8. The molecule has 5 heteroatoms. The zero-order valence-electron chi connectivity index (χ0n) is 15.2. The van der Waals surface area contributed by atoms with E-state index < -0.39 is 0 Å². The van der Waals surface area contributed by atoms with Gasteiger partial charge in [0.15, 0.2) is 5.96 Å². The average Bonchev–Trinajstić information content (AvgIpc) is 2.58. The Morgan fingerprint density at radius 1 is 1.04 bits per heavy atom. The van der Waals surface area contributed by atoms with Gasteiger partial charge in [-0.05, 0) is 61.2 Å². The first-order chi connectivity index (χ1) is 12.1. The van der Waals surface area contributed by atoms with Crippen LogP contribution < -0.4 is 20.5 Å². The number of nitrogens with one attached hydrogen (secondary N) is 1. The van der Waals surface area contributed by atoms with Crippen LogP contribution in [0.2, 0.25) is 0 Å². The maximum atomic E-state index is 5.87. The van der Waals surface area contributed by atoms with Gasteiger partial charge in [-0.25, -0.2) is 0 Å². The van der Waals surface area contributed by atoms with Crippen molar-refractivity contribution in [3.63, 3.8) is 0 Å². The molecule has 0 amide bonds. The van der Waals surface area contributed by atoms with Gasteiger partial charge in [-0.15, -0.1) is 0 Å². The van der Waals surface area contributed by atoms with Crippen LogP contribution in [0, 0.1) is 13.8 Å². The Kier molecular flexibility index (Phi) is 7.14. The van der Waals surface area contributed by atoms with E-state index in [-0.39, 0.29) is 0 Å². The van der Waals surface area contributed by atoms with E-state index in [4.69, 9.17) is 15.2 Å². The highest BCUT2D eigenvalue weighted by molar-refractivity contribution is 5.77. The molecule has 0 aromatic heterocycles. The summed E-state index contributed by atoms with van der Waals surface area (Å²) in [6, 6.07) is 14.2. The molecule has 0 atom stereocenters. The van der Waals surface area contributed by atoms with Crippen LogP contribution in [0.25, 0.3) is 0 Å². The van der Waals surface area contributed by atoms with Gasteiger partial charge < -0.3 is 20.5 Å². The summed E-state index contributed by atoms with van der Waals surface area (Å²) < 4.78 is 10.9. The Labute approximate surface area is 149 Å². The molecule has 134 valence electrons. The van der Waals surface area contributed by atoms with Crippen molar-refractivity contribution in [2.45, 2.75) is 20.3 Å². The Morgan fingerprint density at radius 2 is 1.72 bits per heavy atom. The molecule has 0 unspecified atom stereocenters. The van der Waals surface area contributed by atoms with Crippen molar-refractivity contribution in [1.29, 1.82) is 0 Å². The van der Waals surface area contributed by atoms with Crippen molar-refractivity contribution in [1.82, 2.24) is 5.32 Å². The van der Waals surface area contributed by atoms with Crippen molar-refractivity contribution < 1.29 is 9.47 Å². The molecule has 0 spiro atoms. The first-order valence-corrected chi connectivity index (χ1v) is 8.44. The van der Waals surface area contributed by atoms with Crippen molar-refractivity contribution >= 4 is 5.96 Å². The second kappa shape index (κ2) is 9.57. The van der Waals surface area contributed by atoms with Gasteiger partial charge in [0, 0.05) is 6.54 Å². The summed E-state index contributed by atoms with van der Waals surface area (Å²) in [5.41, 5.74) is 9.47. The average molecular weight is 341 g/mol. The summed E-state index contributed by atoms with van der Waals surface area (Å²) in [7, 11) is 1.66. The third kappa shape index (κ3) is 6.75. The first kappa shape index (κ1) is 18.6. The minimum atomic E-state index is 0.442. The third-order valence-electron chi connectivity index (χ3n) is 3.71. The molecule has 0 aliphatic carbocycles. The summed E-state index contributed by atoms with van der Waals surface area (Å²) in [5.74, 6) is 2.18. The maximum Gasteiger partial charge on any atom is 0.188 e. The zero-order chi connectivity index (χ0) is 18.1. The fourth-order valence-electron chi connectivity index (χ4n) is 2.52. The summed E-state index contributed by atoms with van der Waals surface area (Å²) in [5, 5.41) is 3.07. The predicted octanol–water partition coefficient (Wildman–Crippen LogP) is 2.84. The molecule has 5 nitrogen and oxygen atoms in total. The largest absolute Gasteiger partial charge is 0.497 e. The fourth-order valence-corrected chi connectivity index (χ4v) is 2.52. The lowest BCUT2D eigenvalue weighted by atomic mass is 10.1. The predicted molar refractivity (Wildman–Crippen MR) is 103 cm³/mol. The second-order valence-electron chi connectivity index (χ2n) is 5.96. The minimum absolute atomic E-state index is 0.442. The summed E-state index contributed by atoms with van der Waals surface area (Å²) in [6.45, 7) is 5.92. The first-order valence-electron chi connectivity index (χ1n) is 8.44. The van der Waals surface area contributed by atoms with Crippen LogP contribution in [-0.4, -0.2) is 32.8 Å². The van der Waals surface area contributed by atoms with E-state index >= 15 is 0 Å². The number of nitrogens with two attached hydrogens (primary N) is 1. The number of aryl methyl sites for hydroxylation is 2. The fraction of sp³-hybridized carbons (Fsp3) is 0.350. The number of hydrogen-bond acceptors (Lipinski definition) is 3. The van der Waals surface area contributed by atoms with Crippen LogP contribution in [0.4, 0.5) is 0 Å². The molecule has 0 saturated carbocycles. The number of guanidine groups is 1. The van der Waals surface area contributed by atoms with Crippen LogP contribution in [0.5, 0.6) is 11.5 Å². The van der Waals surface area contributed by atoms with Crippen LogP contribution >= 0.6 is 0 Å². The Morgan fingerprint density at radius 3 is 2.36 bits per heavy atom. The van der Waals surface area contributed by atoms with Gasteiger partial charge in [-0.2, -0.15) is 0 Å². The second-order valence-corrected chi connectivity index (χ2v) is 5.96. The van der Waals surface area contributed by atoms with E-state index in [9.17, 15) is 0 Å². The molecule has 0 radical (unpaired) electrons. The minimum Gasteiger partial charge on any atom is -0.497 e. The Bertz CT molecular complexity index is 676. The highest BCUT2D eigenvalue weighted by atomic mass is 16.5. The van der Waals surface area contributed by atoms with Crippen LogP contribution in [-0.2, 0) is 6.42 Å². The molecule has 0 heterocycles. The van der Waals surface area contributed by atoms with Crippen LogP contribution in [0.1, 0.15) is 16.7 Å². The normalized spacial score (nSPS) is 11.2. The highest BCUT2D eigenvalue weighted by Gasteiger charge is 1.98. The number of nitrogens with zero attached hydrogens (tertiary/aromatic N) is 1. The molecule has 3 N–H and O–H groups in total. The molecule has 0 aliphatic heterocycles. The number of benzene rings is 2. The summed E-state index contributed by atoms with van der Waals surface area (Å²) in [4.78, 5) is 4.33. The summed E-state index contributed by atoms with van der Waals surface area (Å²) >= 11 is 0. The van der Waals surface area contributed by atoms with E-state index in [0.717, 1.165) is 17.9 Å². The monoisotopic (exact) mass is 341 g/mol. The van der Waals surface area contributed by atoms with Gasteiger partial charge >= 0.3 is 0 Å². The van der Waals surface area contributed by atoms with Gasteiger partial charge in [0.05, 0.1) is 13.7 Å². The molecule has 2 rings (SSSR count). The smallest absolute Gasteiger partial charge is 0.188 e. The molecule has 0 bridgehead atoms. The van der Waals surface area contributed by atoms with Crippen molar-refractivity contribution in [2.75, 3.05) is 26.8 Å². The quantitative estimate of drug-likeness (QED) is 0.440. The van der Waals surface area contributed by atoms with E-state index in [1.54, 1.807) is 7.11 Å². The zero-order valence-corrected chi connectivity index (χ0v) is 15.2. The number of hydrogen-bond donors (Lipinski definition) is 2. The van der Waals surface area contributed by atoms with E-state index in [1.165, 1.54) is 16.7 Å². The molecule has 0 saturated heterocycles. The third-order valence-corrected chi connectivity index (χ3v) is 3.71. The van der Waals surface area contributed by atoms with E-state index in [1.807, 2.05) is 36.4 Å². The van der Waals surface area contributed by atoms with Crippen molar-refractivity contribution in [3.8, 4) is 11.5 Å². The van der Waals surface area contributed by atoms with Crippen LogP contribution in [0.3, 0.4) is 0 Å². The molecular formula is C20H27N3O2. The van der Waals surface area contributed by atoms with Gasteiger partial charge in [0.1, 0.15) is 18.1 Å². The highest BCUT2D eigenvalue weighted by Crippen LogP contribution is 2.15. The topological polar surface area (TPSA) is 68.9 Å². The number of ether oxygens (including phenoxy) is 2. The number of methoxy groups -OCH3 is 1. The number of aliphatic imine (C=N–C) groups is 1. The molecule has 2 aromatic rings. The molecule has 0 fully saturated rings. The van der Waals surface area contributed by atoms with Gasteiger partial charge in [-0.1, -0.05) is 18.2 Å². The molecular weight excluding hydrogens is 314 g/mol. The Balaban J connectivity index is 1.67.